The predicted octanol–water partition coefficient (Wildman–Crippen LogP) is 1.68. The van der Waals surface area contributed by atoms with Gasteiger partial charge in [0, 0.05) is 17.6 Å². The number of benzene rings is 1. The molecule has 19 heavy (non-hydrogen) atoms. The molecule has 1 aromatic rings. The Morgan fingerprint density at radius 1 is 1.42 bits per heavy atom. The Labute approximate surface area is 122 Å². The second kappa shape index (κ2) is 6.35. The zero-order valence-electron chi connectivity index (χ0n) is 10.6. The van der Waals surface area contributed by atoms with Crippen molar-refractivity contribution in [2.24, 2.45) is 0 Å². The molecule has 1 saturated heterocycles. The van der Waals surface area contributed by atoms with Gasteiger partial charge in [-0.1, -0.05) is 22.0 Å². The van der Waals surface area contributed by atoms with Crippen LogP contribution in [0.4, 0.5) is 0 Å². The summed E-state index contributed by atoms with van der Waals surface area (Å²) >= 11 is 3.28. The topological polar surface area (TPSA) is 57.6 Å². The van der Waals surface area contributed by atoms with Gasteiger partial charge in [0.2, 0.25) is 0 Å². The SMILES string of the molecule is O=S(=O)(CCN1CCCC(O)C1)c1cccc(Br)c1. The van der Waals surface area contributed by atoms with E-state index in [-0.39, 0.29) is 11.9 Å². The van der Waals surface area contributed by atoms with Crippen molar-refractivity contribution in [3.8, 4) is 0 Å². The zero-order chi connectivity index (χ0) is 13.9. The zero-order valence-corrected chi connectivity index (χ0v) is 13.0. The molecule has 0 amide bonds. The fourth-order valence-corrected chi connectivity index (χ4v) is 4.14. The Hall–Kier alpha value is -0.430. The minimum absolute atomic E-state index is 0.0934. The van der Waals surface area contributed by atoms with Gasteiger partial charge in [0.25, 0.3) is 0 Å². The van der Waals surface area contributed by atoms with Crippen LogP contribution in [0, 0.1) is 0 Å². The van der Waals surface area contributed by atoms with Crippen molar-refractivity contribution < 1.29 is 13.5 Å². The first kappa shape index (κ1) is 15.0. The van der Waals surface area contributed by atoms with Crippen LogP contribution in [0.25, 0.3) is 0 Å². The average Bonchev–Trinajstić information content (AvgIpc) is 2.37. The molecule has 106 valence electrons. The van der Waals surface area contributed by atoms with Crippen molar-refractivity contribution >= 4 is 25.8 Å². The van der Waals surface area contributed by atoms with Crippen molar-refractivity contribution in [3.63, 3.8) is 0 Å². The lowest BCUT2D eigenvalue weighted by molar-refractivity contribution is 0.0741. The molecule has 1 fully saturated rings. The molecule has 0 saturated carbocycles. The summed E-state index contributed by atoms with van der Waals surface area (Å²) in [4.78, 5) is 2.36. The van der Waals surface area contributed by atoms with Gasteiger partial charge >= 0.3 is 0 Å². The Morgan fingerprint density at radius 2 is 2.21 bits per heavy atom. The van der Waals surface area contributed by atoms with Crippen molar-refractivity contribution in [2.45, 2.75) is 23.8 Å². The van der Waals surface area contributed by atoms with Crippen molar-refractivity contribution in [1.29, 1.82) is 0 Å². The van der Waals surface area contributed by atoms with Crippen LogP contribution < -0.4 is 0 Å². The maximum atomic E-state index is 12.2. The lowest BCUT2D eigenvalue weighted by Crippen LogP contribution is -2.40. The second-order valence-corrected chi connectivity index (χ2v) is 7.90. The largest absolute Gasteiger partial charge is 0.392 e. The minimum atomic E-state index is -3.25. The monoisotopic (exact) mass is 347 g/mol. The first-order chi connectivity index (χ1) is 8.97. The van der Waals surface area contributed by atoms with E-state index in [1.807, 2.05) is 4.90 Å². The van der Waals surface area contributed by atoms with Gasteiger partial charge < -0.3 is 5.11 Å². The summed E-state index contributed by atoms with van der Waals surface area (Å²) in [5.74, 6) is 0.0934. The van der Waals surface area contributed by atoms with E-state index in [1.165, 1.54) is 0 Å². The smallest absolute Gasteiger partial charge is 0.179 e. The standard InChI is InChI=1S/C13H18BrNO3S/c14-11-3-1-5-13(9-11)19(17,18)8-7-15-6-2-4-12(16)10-15/h1,3,5,9,12,16H,2,4,6-8,10H2. The Bertz CT molecular complexity index is 532. The Balaban J connectivity index is 1.98. The number of β-amino-alcohol motifs (C(OH)–C–C–N with tert-alkyl or cyclic N) is 1. The molecule has 1 aromatic carbocycles. The van der Waals surface area contributed by atoms with Crippen molar-refractivity contribution in [1.82, 2.24) is 4.90 Å². The van der Waals surface area contributed by atoms with Gasteiger partial charge in [-0.15, -0.1) is 0 Å². The molecule has 0 aromatic heterocycles. The van der Waals surface area contributed by atoms with Gasteiger partial charge in [0.1, 0.15) is 0 Å². The summed E-state index contributed by atoms with van der Waals surface area (Å²) in [7, 11) is -3.25. The van der Waals surface area contributed by atoms with Gasteiger partial charge in [0.05, 0.1) is 16.8 Å². The van der Waals surface area contributed by atoms with Gasteiger partial charge in [-0.3, -0.25) is 4.90 Å². The summed E-state index contributed by atoms with van der Waals surface area (Å²) in [6.07, 6.45) is 1.43. The molecule has 0 radical (unpaired) electrons. The molecule has 1 aliphatic rings. The molecule has 2 rings (SSSR count). The van der Waals surface area contributed by atoms with Crippen LogP contribution in [-0.4, -0.2) is 49.9 Å². The molecule has 0 spiro atoms. The van der Waals surface area contributed by atoms with Crippen molar-refractivity contribution in [3.05, 3.63) is 28.7 Å². The van der Waals surface area contributed by atoms with E-state index in [9.17, 15) is 13.5 Å². The van der Waals surface area contributed by atoms with Crippen molar-refractivity contribution in [2.75, 3.05) is 25.4 Å². The minimum Gasteiger partial charge on any atom is -0.392 e. The number of rotatable bonds is 4. The molecular formula is C13H18BrNO3S. The molecule has 1 atom stereocenters. The third kappa shape index (κ3) is 4.27. The molecule has 1 heterocycles. The Morgan fingerprint density at radius 3 is 2.89 bits per heavy atom. The van der Waals surface area contributed by atoms with E-state index in [1.54, 1.807) is 24.3 Å². The summed E-state index contributed by atoms with van der Waals surface area (Å²) < 4.78 is 25.2. The maximum absolute atomic E-state index is 12.2. The molecule has 6 heteroatoms. The molecule has 0 bridgehead atoms. The van der Waals surface area contributed by atoms with Crippen LogP contribution in [-0.2, 0) is 9.84 Å². The summed E-state index contributed by atoms with van der Waals surface area (Å²) in [5, 5.41) is 9.57. The number of halogens is 1. The lowest BCUT2D eigenvalue weighted by Gasteiger charge is -2.29. The average molecular weight is 348 g/mol. The fourth-order valence-electron chi connectivity index (χ4n) is 2.26. The van der Waals surface area contributed by atoms with Crippen LogP contribution in [0.5, 0.6) is 0 Å². The first-order valence-electron chi connectivity index (χ1n) is 6.36. The molecule has 1 N–H and O–H groups in total. The second-order valence-electron chi connectivity index (χ2n) is 4.87. The highest BCUT2D eigenvalue weighted by atomic mass is 79.9. The number of sulfone groups is 1. The number of hydrogen-bond donors (Lipinski definition) is 1. The maximum Gasteiger partial charge on any atom is 0.179 e. The number of hydrogen-bond acceptors (Lipinski definition) is 4. The third-order valence-electron chi connectivity index (χ3n) is 3.31. The third-order valence-corrected chi connectivity index (χ3v) is 5.50. The van der Waals surface area contributed by atoms with E-state index in [0.29, 0.717) is 18.0 Å². The normalized spacial score (nSPS) is 21.5. The van der Waals surface area contributed by atoms with E-state index in [2.05, 4.69) is 15.9 Å². The van der Waals surface area contributed by atoms with Crippen LogP contribution in [0.2, 0.25) is 0 Å². The highest BCUT2D eigenvalue weighted by Crippen LogP contribution is 2.18. The highest BCUT2D eigenvalue weighted by molar-refractivity contribution is 9.10. The first-order valence-corrected chi connectivity index (χ1v) is 8.81. The molecule has 1 unspecified atom stereocenters. The van der Waals surface area contributed by atoms with Gasteiger partial charge in [0.15, 0.2) is 9.84 Å². The molecule has 0 aliphatic carbocycles. The molecule has 1 aliphatic heterocycles. The number of aliphatic hydroxyl groups excluding tert-OH is 1. The van der Waals surface area contributed by atoms with E-state index in [0.717, 1.165) is 23.9 Å². The highest BCUT2D eigenvalue weighted by Gasteiger charge is 2.21. The van der Waals surface area contributed by atoms with Crippen LogP contribution in [0.1, 0.15) is 12.8 Å². The Kier molecular flexibility index (Phi) is 5.00. The summed E-state index contributed by atoms with van der Waals surface area (Å²) in [6, 6.07) is 6.77. The number of piperidine rings is 1. The quantitative estimate of drug-likeness (QED) is 0.900. The summed E-state index contributed by atoms with van der Waals surface area (Å²) in [5.41, 5.74) is 0. The van der Waals surface area contributed by atoms with E-state index >= 15 is 0 Å². The van der Waals surface area contributed by atoms with E-state index < -0.39 is 9.84 Å². The van der Waals surface area contributed by atoms with Gasteiger partial charge in [-0.2, -0.15) is 0 Å². The number of nitrogens with zero attached hydrogens (tertiary/aromatic N) is 1. The van der Waals surface area contributed by atoms with Crippen LogP contribution in [0.3, 0.4) is 0 Å². The molecular weight excluding hydrogens is 330 g/mol. The fraction of sp³-hybridized carbons (Fsp3) is 0.538. The van der Waals surface area contributed by atoms with Gasteiger partial charge in [-0.05, 0) is 37.6 Å². The van der Waals surface area contributed by atoms with Crippen LogP contribution >= 0.6 is 15.9 Å². The lowest BCUT2D eigenvalue weighted by atomic mass is 10.1. The predicted molar refractivity (Wildman–Crippen MR) is 77.9 cm³/mol. The number of likely N-dealkylation sites (tertiary alicyclic amines) is 1. The van der Waals surface area contributed by atoms with E-state index in [4.69, 9.17) is 0 Å². The van der Waals surface area contributed by atoms with Crippen LogP contribution in [0.15, 0.2) is 33.6 Å². The number of aliphatic hydroxyl groups is 1. The van der Waals surface area contributed by atoms with Gasteiger partial charge in [-0.25, -0.2) is 8.42 Å². The summed E-state index contributed by atoms with van der Waals surface area (Å²) in [6.45, 7) is 1.92. The molecule has 4 nitrogen and oxygen atoms in total.